The van der Waals surface area contributed by atoms with Crippen LogP contribution >= 0.6 is 11.8 Å². The summed E-state index contributed by atoms with van der Waals surface area (Å²) < 4.78 is 14.5. The van der Waals surface area contributed by atoms with Crippen LogP contribution in [0.1, 0.15) is 79.6 Å². The topological polar surface area (TPSA) is 169 Å². The van der Waals surface area contributed by atoms with Crippen LogP contribution in [0.3, 0.4) is 0 Å². The summed E-state index contributed by atoms with van der Waals surface area (Å²) in [5, 5.41) is 43.6. The molecule has 1 saturated heterocycles. The zero-order valence-corrected chi connectivity index (χ0v) is 26.7. The Morgan fingerprint density at radius 2 is 1.55 bits per heavy atom. The zero-order valence-electron chi connectivity index (χ0n) is 25.9. The van der Waals surface area contributed by atoms with Crippen molar-refractivity contribution in [3.63, 3.8) is 0 Å². The number of nitrogens with zero attached hydrogens (tertiary/aromatic N) is 4. The van der Waals surface area contributed by atoms with E-state index in [1.165, 1.54) is 11.8 Å². The Morgan fingerprint density at radius 3 is 2.26 bits per heavy atom. The van der Waals surface area contributed by atoms with Crippen molar-refractivity contribution >= 4 is 23.6 Å². The van der Waals surface area contributed by atoms with Crippen molar-refractivity contribution in [3.8, 4) is 11.4 Å². The normalized spacial score (nSPS) is 17.8. The minimum Gasteiger partial charge on any atom is -0.508 e. The first-order valence-electron chi connectivity index (χ1n) is 15.7. The standard InChI is InChI=1S/C34H39N5O7S/c40-21-24-9-11-25(12-10-24)30-19-29(22-47-34-36-37-38-39(34)27-15-17-28(41)18-16-27)45-33(46-30)26-13-7-23(8-14-26)20-35-31(42)5-3-1-2-4-6-32(43)44/h7-18,29-30,33,40-41H,1-6,19-22H2,(H,35,42)(H,43,44)/t29-,30+,33+/m1/s1. The first kappa shape index (κ1) is 34.0. The Morgan fingerprint density at radius 1 is 0.872 bits per heavy atom. The summed E-state index contributed by atoms with van der Waals surface area (Å²) in [6, 6.07) is 22.2. The second kappa shape index (κ2) is 17.0. The number of unbranched alkanes of at least 4 members (excludes halogenated alkanes) is 3. The number of benzene rings is 3. The van der Waals surface area contributed by atoms with Crippen LogP contribution in [0.4, 0.5) is 0 Å². The van der Waals surface area contributed by atoms with Crippen molar-refractivity contribution in [2.24, 2.45) is 0 Å². The molecule has 13 heteroatoms. The first-order chi connectivity index (χ1) is 22.9. The number of carboxylic acid groups (broad SMARTS) is 1. The quantitative estimate of drug-likeness (QED) is 0.0915. The fraction of sp³-hybridized carbons (Fsp3) is 0.382. The predicted octanol–water partition coefficient (Wildman–Crippen LogP) is 5.24. The Balaban J connectivity index is 1.20. The van der Waals surface area contributed by atoms with Crippen molar-refractivity contribution in [1.82, 2.24) is 25.5 Å². The van der Waals surface area contributed by atoms with Crippen LogP contribution in [-0.4, -0.2) is 59.3 Å². The predicted molar refractivity (Wildman–Crippen MR) is 174 cm³/mol. The van der Waals surface area contributed by atoms with E-state index in [9.17, 15) is 19.8 Å². The third-order valence-electron chi connectivity index (χ3n) is 7.83. The average Bonchev–Trinajstić information content (AvgIpc) is 3.57. The van der Waals surface area contributed by atoms with Crippen molar-refractivity contribution in [3.05, 3.63) is 95.1 Å². The van der Waals surface area contributed by atoms with E-state index < -0.39 is 12.3 Å². The molecule has 3 aromatic carbocycles. The van der Waals surface area contributed by atoms with Gasteiger partial charge in [0, 0.05) is 37.1 Å². The number of aromatic hydroxyl groups is 1. The van der Waals surface area contributed by atoms with Gasteiger partial charge >= 0.3 is 5.97 Å². The Kier molecular flexibility index (Phi) is 12.3. The van der Waals surface area contributed by atoms with Gasteiger partial charge in [-0.05, 0) is 64.2 Å². The fourth-order valence-corrected chi connectivity index (χ4v) is 6.12. The van der Waals surface area contributed by atoms with Gasteiger partial charge in [0.05, 0.1) is 24.5 Å². The van der Waals surface area contributed by atoms with Crippen LogP contribution in [-0.2, 0) is 32.2 Å². The number of aliphatic hydroxyl groups excluding tert-OH is 1. The zero-order chi connectivity index (χ0) is 33.0. The maximum Gasteiger partial charge on any atom is 0.303 e. The molecule has 4 N–H and O–H groups in total. The molecule has 1 fully saturated rings. The molecule has 12 nitrogen and oxygen atoms in total. The average molecular weight is 662 g/mol. The maximum absolute atomic E-state index is 12.3. The lowest BCUT2D eigenvalue weighted by molar-refractivity contribution is -0.245. The van der Waals surface area contributed by atoms with Crippen LogP contribution in [0.15, 0.2) is 78.0 Å². The largest absolute Gasteiger partial charge is 0.508 e. The summed E-state index contributed by atoms with van der Waals surface area (Å²) in [5.74, 6) is -0.0949. The number of amides is 1. The second-order valence-corrected chi connectivity index (χ2v) is 12.4. The second-order valence-electron chi connectivity index (χ2n) is 11.4. The van der Waals surface area contributed by atoms with Crippen LogP contribution in [0.25, 0.3) is 5.69 Å². The van der Waals surface area contributed by atoms with E-state index in [1.807, 2.05) is 48.5 Å². The summed E-state index contributed by atoms with van der Waals surface area (Å²) in [6.45, 7) is 0.368. The number of carbonyl (C=O) groups is 2. The first-order valence-corrected chi connectivity index (χ1v) is 16.6. The van der Waals surface area contributed by atoms with Crippen LogP contribution < -0.4 is 5.32 Å². The minimum atomic E-state index is -0.787. The smallest absolute Gasteiger partial charge is 0.303 e. The molecule has 47 heavy (non-hydrogen) atoms. The fourth-order valence-electron chi connectivity index (χ4n) is 5.21. The number of carboxylic acids is 1. The summed E-state index contributed by atoms with van der Waals surface area (Å²) in [6.07, 6.45) is 3.11. The van der Waals surface area contributed by atoms with Gasteiger partial charge < -0.3 is 30.1 Å². The molecular formula is C34H39N5O7S. The van der Waals surface area contributed by atoms with Gasteiger partial charge in [-0.1, -0.05) is 73.1 Å². The highest BCUT2D eigenvalue weighted by molar-refractivity contribution is 7.99. The molecule has 0 radical (unpaired) electrons. The lowest BCUT2D eigenvalue weighted by atomic mass is 10.0. The van der Waals surface area contributed by atoms with E-state index in [0.717, 1.165) is 47.2 Å². The third kappa shape index (κ3) is 10.1. The number of hydrogen-bond donors (Lipinski definition) is 4. The molecule has 1 aliphatic rings. The maximum atomic E-state index is 12.3. The molecule has 1 aliphatic heterocycles. The van der Waals surface area contributed by atoms with E-state index in [4.69, 9.17) is 14.6 Å². The number of ether oxygens (including phenoxy) is 2. The number of thioether (sulfide) groups is 1. The number of rotatable bonds is 16. The number of aliphatic hydroxyl groups is 1. The number of phenols is 1. The van der Waals surface area contributed by atoms with Crippen molar-refractivity contribution in [2.45, 2.75) is 81.8 Å². The number of tetrazole rings is 1. The Hall–Kier alpha value is -4.30. The monoisotopic (exact) mass is 661 g/mol. The van der Waals surface area contributed by atoms with Gasteiger partial charge in [-0.25, -0.2) is 0 Å². The van der Waals surface area contributed by atoms with Crippen LogP contribution in [0.5, 0.6) is 5.75 Å². The van der Waals surface area contributed by atoms with Gasteiger partial charge in [0.15, 0.2) is 6.29 Å². The van der Waals surface area contributed by atoms with Crippen molar-refractivity contribution < 1.29 is 34.4 Å². The van der Waals surface area contributed by atoms with Gasteiger partial charge in [-0.2, -0.15) is 4.68 Å². The molecule has 248 valence electrons. The molecule has 5 rings (SSSR count). The van der Waals surface area contributed by atoms with Gasteiger partial charge in [0.1, 0.15) is 5.75 Å². The summed E-state index contributed by atoms with van der Waals surface area (Å²) in [4.78, 5) is 22.9. The van der Waals surface area contributed by atoms with Crippen molar-refractivity contribution in [2.75, 3.05) is 5.75 Å². The van der Waals surface area contributed by atoms with Gasteiger partial charge in [0.2, 0.25) is 11.1 Å². The molecular weight excluding hydrogens is 622 g/mol. The van der Waals surface area contributed by atoms with Crippen LogP contribution in [0, 0.1) is 0 Å². The molecule has 0 aliphatic carbocycles. The summed E-state index contributed by atoms with van der Waals surface area (Å²) >= 11 is 1.47. The number of aliphatic carboxylic acids is 1. The number of nitrogens with one attached hydrogen (secondary N) is 1. The molecule has 0 unspecified atom stereocenters. The van der Waals surface area contributed by atoms with Gasteiger partial charge in [-0.3, -0.25) is 9.59 Å². The molecule has 1 amide bonds. The SMILES string of the molecule is O=C(O)CCCCCCC(=O)NCc1ccc([C@H]2O[C@@H](CSc3nnnn3-c3ccc(O)cc3)C[C@@H](c3ccc(CO)cc3)O2)cc1. The van der Waals surface area contributed by atoms with E-state index in [-0.39, 0.29) is 36.9 Å². The van der Waals surface area contributed by atoms with E-state index in [0.29, 0.717) is 36.7 Å². The molecule has 3 atom stereocenters. The van der Waals surface area contributed by atoms with Crippen molar-refractivity contribution in [1.29, 1.82) is 0 Å². The van der Waals surface area contributed by atoms with E-state index in [1.54, 1.807) is 28.9 Å². The Bertz CT molecular complexity index is 1580. The molecule has 4 aromatic rings. The number of aromatic nitrogens is 4. The molecule has 1 aromatic heterocycles. The Labute approximate surface area is 277 Å². The number of hydrogen-bond acceptors (Lipinski definition) is 10. The molecule has 0 bridgehead atoms. The third-order valence-corrected chi connectivity index (χ3v) is 8.89. The molecule has 0 saturated carbocycles. The highest BCUT2D eigenvalue weighted by atomic mass is 32.2. The summed E-state index contributed by atoms with van der Waals surface area (Å²) in [7, 11) is 0. The van der Waals surface area contributed by atoms with Crippen LogP contribution in [0.2, 0.25) is 0 Å². The number of carbonyl (C=O) groups excluding carboxylic acids is 1. The summed E-state index contributed by atoms with van der Waals surface area (Å²) in [5.41, 5.74) is 4.34. The highest BCUT2D eigenvalue weighted by Gasteiger charge is 2.32. The molecule has 0 spiro atoms. The minimum absolute atomic E-state index is 0.0295. The van der Waals surface area contributed by atoms with Gasteiger partial charge in [-0.15, -0.1) is 5.10 Å². The number of phenolic OH excluding ortho intramolecular Hbond substituents is 1. The van der Waals surface area contributed by atoms with E-state index >= 15 is 0 Å². The van der Waals surface area contributed by atoms with Gasteiger partial charge in [0.25, 0.3) is 0 Å². The van der Waals surface area contributed by atoms with E-state index in [2.05, 4.69) is 20.8 Å². The lowest BCUT2D eigenvalue weighted by Gasteiger charge is -2.36. The lowest BCUT2D eigenvalue weighted by Crippen LogP contribution is -2.31. The highest BCUT2D eigenvalue weighted by Crippen LogP contribution is 2.39. The molecule has 2 heterocycles.